The Bertz CT molecular complexity index is 425. The van der Waals surface area contributed by atoms with Crippen molar-refractivity contribution in [2.75, 3.05) is 24.5 Å². The Morgan fingerprint density at radius 1 is 1.47 bits per heavy atom. The molecule has 1 aliphatic heterocycles. The van der Waals surface area contributed by atoms with Gasteiger partial charge in [-0.05, 0) is 25.1 Å². The normalized spacial score (nSPS) is 20.5. The van der Waals surface area contributed by atoms with Crippen LogP contribution in [0.4, 0.5) is 10.5 Å². The molecule has 1 atom stereocenters. The molecule has 0 radical (unpaired) electrons. The molecule has 92 valence electrons. The number of benzene rings is 1. The first-order chi connectivity index (χ1) is 8.08. The quantitative estimate of drug-likeness (QED) is 0.867. The molecule has 4 nitrogen and oxygen atoms in total. The van der Waals surface area contributed by atoms with Gasteiger partial charge in [0, 0.05) is 35.8 Å². The van der Waals surface area contributed by atoms with E-state index in [2.05, 4.69) is 39.9 Å². The van der Waals surface area contributed by atoms with Crippen LogP contribution in [0.25, 0.3) is 0 Å². The van der Waals surface area contributed by atoms with Crippen LogP contribution in [0.5, 0.6) is 0 Å². The molecule has 2 rings (SSSR count). The minimum atomic E-state index is -0.828. The third kappa shape index (κ3) is 2.72. The van der Waals surface area contributed by atoms with Gasteiger partial charge in [0.05, 0.1) is 0 Å². The molecule has 1 amide bonds. The van der Waals surface area contributed by atoms with Gasteiger partial charge in [0.2, 0.25) is 0 Å². The number of anilines is 1. The lowest BCUT2D eigenvalue weighted by Crippen LogP contribution is -2.53. The number of rotatable bonds is 1. The van der Waals surface area contributed by atoms with Gasteiger partial charge in [-0.1, -0.05) is 22.0 Å². The van der Waals surface area contributed by atoms with E-state index < -0.39 is 6.09 Å². The molecule has 17 heavy (non-hydrogen) atoms. The van der Waals surface area contributed by atoms with Crippen molar-refractivity contribution in [1.82, 2.24) is 4.90 Å². The summed E-state index contributed by atoms with van der Waals surface area (Å²) in [6.45, 7) is 3.91. The average Bonchev–Trinajstić information content (AvgIpc) is 2.28. The Balaban J connectivity index is 2.12. The van der Waals surface area contributed by atoms with E-state index in [4.69, 9.17) is 5.11 Å². The third-order valence-electron chi connectivity index (χ3n) is 3.04. The predicted molar refractivity (Wildman–Crippen MR) is 70.5 cm³/mol. The fraction of sp³-hybridized carbons (Fsp3) is 0.417. The Hall–Kier alpha value is -1.23. The number of halogens is 1. The van der Waals surface area contributed by atoms with E-state index in [1.165, 1.54) is 4.90 Å². The molecule has 0 aromatic heterocycles. The van der Waals surface area contributed by atoms with Crippen molar-refractivity contribution in [3.05, 3.63) is 28.7 Å². The zero-order valence-electron chi connectivity index (χ0n) is 9.64. The number of hydrogen-bond donors (Lipinski definition) is 1. The molecule has 1 aromatic carbocycles. The summed E-state index contributed by atoms with van der Waals surface area (Å²) in [6.07, 6.45) is -0.828. The van der Waals surface area contributed by atoms with Crippen LogP contribution in [0.15, 0.2) is 28.7 Å². The minimum Gasteiger partial charge on any atom is -0.465 e. The van der Waals surface area contributed by atoms with Gasteiger partial charge >= 0.3 is 6.09 Å². The highest BCUT2D eigenvalue weighted by atomic mass is 79.9. The van der Waals surface area contributed by atoms with Crippen LogP contribution in [0.2, 0.25) is 0 Å². The van der Waals surface area contributed by atoms with Crippen molar-refractivity contribution in [1.29, 1.82) is 0 Å². The zero-order valence-corrected chi connectivity index (χ0v) is 11.2. The van der Waals surface area contributed by atoms with Gasteiger partial charge in [-0.15, -0.1) is 0 Å². The second kappa shape index (κ2) is 4.96. The van der Waals surface area contributed by atoms with Crippen LogP contribution in [0, 0.1) is 0 Å². The van der Waals surface area contributed by atoms with Crippen molar-refractivity contribution in [2.45, 2.75) is 13.0 Å². The minimum absolute atomic E-state index is 0.203. The van der Waals surface area contributed by atoms with Gasteiger partial charge in [-0.25, -0.2) is 4.79 Å². The largest absolute Gasteiger partial charge is 0.465 e. The molecule has 5 heteroatoms. The summed E-state index contributed by atoms with van der Waals surface area (Å²) in [4.78, 5) is 14.6. The van der Waals surface area contributed by atoms with Crippen LogP contribution in [-0.4, -0.2) is 41.8 Å². The number of carbonyl (C=O) groups is 1. The second-order valence-electron chi connectivity index (χ2n) is 4.25. The molecule has 1 heterocycles. The van der Waals surface area contributed by atoms with E-state index in [0.29, 0.717) is 13.1 Å². The summed E-state index contributed by atoms with van der Waals surface area (Å²) in [5.74, 6) is 0. The number of hydrogen-bond acceptors (Lipinski definition) is 2. The molecule has 0 spiro atoms. The summed E-state index contributed by atoms with van der Waals surface area (Å²) >= 11 is 3.45. The average molecular weight is 299 g/mol. The summed E-state index contributed by atoms with van der Waals surface area (Å²) in [7, 11) is 0. The van der Waals surface area contributed by atoms with Gasteiger partial charge < -0.3 is 14.9 Å². The molecule has 0 unspecified atom stereocenters. The van der Waals surface area contributed by atoms with Crippen LogP contribution in [0.1, 0.15) is 6.92 Å². The highest BCUT2D eigenvalue weighted by Crippen LogP contribution is 2.23. The smallest absolute Gasteiger partial charge is 0.407 e. The van der Waals surface area contributed by atoms with E-state index in [0.717, 1.165) is 16.7 Å². The van der Waals surface area contributed by atoms with Gasteiger partial charge in [0.1, 0.15) is 0 Å². The standard InChI is InChI=1S/C12H15BrN2O2/c1-9-8-14(12(16)17)5-6-15(9)11-4-2-3-10(13)7-11/h2-4,7,9H,5-6,8H2,1H3,(H,16,17)/t9-/m0/s1. The van der Waals surface area contributed by atoms with Gasteiger partial charge in [-0.3, -0.25) is 0 Å². The predicted octanol–water partition coefficient (Wildman–Crippen LogP) is 2.64. The summed E-state index contributed by atoms with van der Waals surface area (Å²) in [6, 6.07) is 8.30. The molecule has 1 aromatic rings. The van der Waals surface area contributed by atoms with E-state index in [1.807, 2.05) is 12.1 Å². The maximum absolute atomic E-state index is 10.9. The number of carboxylic acid groups (broad SMARTS) is 1. The molecule has 1 fully saturated rings. The van der Waals surface area contributed by atoms with Crippen LogP contribution >= 0.6 is 15.9 Å². The van der Waals surface area contributed by atoms with Crippen LogP contribution in [0.3, 0.4) is 0 Å². The Morgan fingerprint density at radius 2 is 2.24 bits per heavy atom. The maximum atomic E-state index is 10.9. The molecule has 0 bridgehead atoms. The molecular weight excluding hydrogens is 284 g/mol. The van der Waals surface area contributed by atoms with Crippen molar-refractivity contribution < 1.29 is 9.90 Å². The van der Waals surface area contributed by atoms with Crippen molar-refractivity contribution in [3.8, 4) is 0 Å². The first kappa shape index (κ1) is 12.2. The van der Waals surface area contributed by atoms with Crippen molar-refractivity contribution >= 4 is 27.7 Å². The second-order valence-corrected chi connectivity index (χ2v) is 5.17. The summed E-state index contributed by atoms with van der Waals surface area (Å²) < 4.78 is 1.04. The van der Waals surface area contributed by atoms with Crippen molar-refractivity contribution in [3.63, 3.8) is 0 Å². The molecular formula is C12H15BrN2O2. The first-order valence-corrected chi connectivity index (χ1v) is 6.37. The van der Waals surface area contributed by atoms with E-state index >= 15 is 0 Å². The SMILES string of the molecule is C[C@H]1CN(C(=O)O)CCN1c1cccc(Br)c1. The van der Waals surface area contributed by atoms with Crippen LogP contribution in [-0.2, 0) is 0 Å². The van der Waals surface area contributed by atoms with Gasteiger partial charge in [0.15, 0.2) is 0 Å². The number of amides is 1. The highest BCUT2D eigenvalue weighted by molar-refractivity contribution is 9.10. The highest BCUT2D eigenvalue weighted by Gasteiger charge is 2.26. The molecule has 1 N–H and O–H groups in total. The van der Waals surface area contributed by atoms with Crippen LogP contribution < -0.4 is 4.90 Å². The fourth-order valence-corrected chi connectivity index (χ4v) is 2.56. The molecule has 0 saturated carbocycles. The summed E-state index contributed by atoms with van der Waals surface area (Å²) in [5, 5.41) is 8.96. The lowest BCUT2D eigenvalue weighted by atomic mass is 10.1. The van der Waals surface area contributed by atoms with Gasteiger partial charge in [-0.2, -0.15) is 0 Å². The Morgan fingerprint density at radius 3 is 2.82 bits per heavy atom. The Kier molecular flexibility index (Phi) is 3.57. The number of nitrogens with zero attached hydrogens (tertiary/aromatic N) is 2. The van der Waals surface area contributed by atoms with Crippen molar-refractivity contribution in [2.24, 2.45) is 0 Å². The lowest BCUT2D eigenvalue weighted by molar-refractivity contribution is 0.136. The first-order valence-electron chi connectivity index (χ1n) is 5.58. The third-order valence-corrected chi connectivity index (χ3v) is 3.53. The Labute approximate surface area is 109 Å². The molecule has 1 aliphatic rings. The molecule has 1 saturated heterocycles. The zero-order chi connectivity index (χ0) is 12.4. The van der Waals surface area contributed by atoms with E-state index in [1.54, 1.807) is 0 Å². The van der Waals surface area contributed by atoms with E-state index in [9.17, 15) is 4.79 Å². The summed E-state index contributed by atoms with van der Waals surface area (Å²) in [5.41, 5.74) is 1.14. The fourth-order valence-electron chi connectivity index (χ4n) is 2.17. The number of piperazine rings is 1. The van der Waals surface area contributed by atoms with E-state index in [-0.39, 0.29) is 6.04 Å². The lowest BCUT2D eigenvalue weighted by Gasteiger charge is -2.40. The monoisotopic (exact) mass is 298 g/mol. The topological polar surface area (TPSA) is 43.8 Å². The maximum Gasteiger partial charge on any atom is 0.407 e. The van der Waals surface area contributed by atoms with Gasteiger partial charge in [0.25, 0.3) is 0 Å². The molecule has 0 aliphatic carbocycles.